The highest BCUT2D eigenvalue weighted by Crippen LogP contribution is 2.37. The SMILES string of the molecule is CC.CC.[B]C([B])(CC)c1ccc(-c2ccc(OCCCCOC3=CC=C(c4ccc(C(CC)(CC)CC)cc4)CC3C)c(C)c2)cc1. The predicted molar refractivity (Wildman–Crippen MR) is 212 cm³/mol. The van der Waals surface area contributed by atoms with Crippen molar-refractivity contribution in [3.05, 3.63) is 107 Å². The molecule has 0 fully saturated rings. The first-order valence-corrected chi connectivity index (χ1v) is 18.7. The second-order valence-electron chi connectivity index (χ2n) is 12.6. The third-order valence-electron chi connectivity index (χ3n) is 9.94. The standard InChI is InChI=1S/C40H50B2O2.2C2H6/c1-7-39(8-2,9-3)35-19-13-31(14-20-35)33-17-23-37(29(5)27-33)43-25-11-12-26-44-38-24-18-34(28-30(38)6)32-15-21-36(22-16-32)40(41,42)10-4;2*1-2/h13-24,28-29H,7-12,25-27H2,1-6H3;2*1-2H3. The lowest BCUT2D eigenvalue weighted by molar-refractivity contribution is 0.169. The number of unbranched alkanes of at least 4 members (excludes halogenated alkanes) is 1. The summed E-state index contributed by atoms with van der Waals surface area (Å²) >= 11 is 0. The van der Waals surface area contributed by atoms with Crippen LogP contribution in [0.4, 0.5) is 0 Å². The molecule has 1 atom stereocenters. The van der Waals surface area contributed by atoms with E-state index in [0.717, 1.165) is 53.0 Å². The van der Waals surface area contributed by atoms with Gasteiger partial charge in [0.2, 0.25) is 0 Å². The molecule has 0 saturated carbocycles. The lowest BCUT2D eigenvalue weighted by Crippen LogP contribution is -2.25. The molecule has 0 aliphatic heterocycles. The summed E-state index contributed by atoms with van der Waals surface area (Å²) in [6, 6.07) is 23.9. The summed E-state index contributed by atoms with van der Waals surface area (Å²) in [5.41, 5.74) is 8.86. The molecule has 0 aromatic heterocycles. The number of ether oxygens (including phenoxy) is 2. The van der Waals surface area contributed by atoms with Crippen molar-refractivity contribution in [3.63, 3.8) is 0 Å². The largest absolute Gasteiger partial charge is 0.498 e. The van der Waals surface area contributed by atoms with E-state index in [-0.39, 0.29) is 0 Å². The molecule has 2 nitrogen and oxygen atoms in total. The van der Waals surface area contributed by atoms with Gasteiger partial charge in [0, 0.05) is 5.92 Å². The first-order chi connectivity index (χ1) is 23.2. The van der Waals surface area contributed by atoms with Crippen molar-refractivity contribution in [1.29, 1.82) is 0 Å². The van der Waals surface area contributed by atoms with E-state index in [0.29, 0.717) is 31.0 Å². The van der Waals surface area contributed by atoms with Gasteiger partial charge in [-0.25, -0.2) is 0 Å². The molecule has 4 heteroatoms. The van der Waals surface area contributed by atoms with Crippen molar-refractivity contribution in [1.82, 2.24) is 0 Å². The van der Waals surface area contributed by atoms with Crippen LogP contribution in [-0.2, 0) is 15.4 Å². The molecule has 0 amide bonds. The van der Waals surface area contributed by atoms with E-state index in [1.807, 2.05) is 46.8 Å². The van der Waals surface area contributed by atoms with Crippen LogP contribution in [0.3, 0.4) is 0 Å². The summed E-state index contributed by atoms with van der Waals surface area (Å²) in [6.45, 7) is 22.7. The van der Waals surface area contributed by atoms with E-state index in [2.05, 4.69) is 101 Å². The maximum absolute atomic E-state index is 6.21. The molecular weight excluding hydrogens is 582 g/mol. The lowest BCUT2D eigenvalue weighted by Gasteiger charge is -2.31. The number of hydrogen-bond donors (Lipinski definition) is 0. The molecule has 0 N–H and O–H groups in total. The van der Waals surface area contributed by atoms with Crippen LogP contribution >= 0.6 is 0 Å². The zero-order chi connectivity index (χ0) is 35.7. The van der Waals surface area contributed by atoms with Gasteiger partial charge < -0.3 is 9.47 Å². The van der Waals surface area contributed by atoms with Gasteiger partial charge >= 0.3 is 0 Å². The topological polar surface area (TPSA) is 18.5 Å². The van der Waals surface area contributed by atoms with Crippen molar-refractivity contribution < 1.29 is 9.47 Å². The highest BCUT2D eigenvalue weighted by Gasteiger charge is 2.26. The second kappa shape index (κ2) is 20.4. The zero-order valence-electron chi connectivity index (χ0n) is 31.9. The Hall–Kier alpha value is -3.13. The molecule has 4 rings (SSSR count). The van der Waals surface area contributed by atoms with E-state index in [9.17, 15) is 0 Å². The second-order valence-corrected chi connectivity index (χ2v) is 12.6. The smallest absolute Gasteiger partial charge is 0.122 e. The van der Waals surface area contributed by atoms with Gasteiger partial charge in [-0.15, -0.1) is 0 Å². The summed E-state index contributed by atoms with van der Waals surface area (Å²) in [6.07, 6.45) is 11.6. The maximum atomic E-state index is 6.21. The molecule has 0 saturated heterocycles. The van der Waals surface area contributed by atoms with E-state index < -0.39 is 5.21 Å². The minimum atomic E-state index is -0.790. The molecular formula is C44H62B2O2. The van der Waals surface area contributed by atoms with Gasteiger partial charge in [-0.3, -0.25) is 0 Å². The molecule has 1 unspecified atom stereocenters. The Morgan fingerprint density at radius 2 is 1.17 bits per heavy atom. The molecule has 0 bridgehead atoms. The van der Waals surface area contributed by atoms with Crippen LogP contribution in [0.15, 0.2) is 84.6 Å². The first-order valence-electron chi connectivity index (χ1n) is 18.7. The molecule has 3 aromatic carbocycles. The molecule has 256 valence electrons. The van der Waals surface area contributed by atoms with Crippen LogP contribution in [0.2, 0.25) is 0 Å². The predicted octanol–water partition coefficient (Wildman–Crippen LogP) is 12.3. The Labute approximate surface area is 297 Å². The van der Waals surface area contributed by atoms with Crippen LogP contribution in [0.5, 0.6) is 5.75 Å². The van der Waals surface area contributed by atoms with Gasteiger partial charge in [-0.2, -0.15) is 0 Å². The number of aryl methyl sites for hydroxylation is 1. The van der Waals surface area contributed by atoms with Crippen LogP contribution < -0.4 is 4.74 Å². The maximum Gasteiger partial charge on any atom is 0.122 e. The van der Waals surface area contributed by atoms with Crippen LogP contribution in [0.1, 0.15) is 130 Å². The normalized spacial score (nSPS) is 14.4. The molecule has 0 spiro atoms. The van der Waals surface area contributed by atoms with Crippen molar-refractivity contribution in [2.45, 2.75) is 125 Å². The average molecular weight is 645 g/mol. The number of benzene rings is 3. The van der Waals surface area contributed by atoms with E-state index in [1.54, 1.807) is 0 Å². The summed E-state index contributed by atoms with van der Waals surface area (Å²) in [7, 11) is 12.4. The fourth-order valence-corrected chi connectivity index (χ4v) is 6.39. The summed E-state index contributed by atoms with van der Waals surface area (Å²) < 4.78 is 12.3. The summed E-state index contributed by atoms with van der Waals surface area (Å²) in [5, 5.41) is -0.790. The van der Waals surface area contributed by atoms with Gasteiger partial charge in [0.25, 0.3) is 0 Å². The van der Waals surface area contributed by atoms with Gasteiger partial charge in [0.05, 0.1) is 34.7 Å². The third kappa shape index (κ3) is 10.7. The van der Waals surface area contributed by atoms with Crippen molar-refractivity contribution in [3.8, 4) is 16.9 Å². The fraction of sp³-hybridized carbons (Fsp3) is 0.500. The van der Waals surface area contributed by atoms with Gasteiger partial charge in [-0.1, -0.05) is 140 Å². The highest BCUT2D eigenvalue weighted by molar-refractivity contribution is 6.40. The molecule has 1 aliphatic rings. The van der Waals surface area contributed by atoms with Crippen molar-refractivity contribution in [2.75, 3.05) is 13.2 Å². The van der Waals surface area contributed by atoms with Crippen molar-refractivity contribution >= 4 is 21.3 Å². The van der Waals surface area contributed by atoms with E-state index >= 15 is 0 Å². The third-order valence-corrected chi connectivity index (χ3v) is 9.94. The van der Waals surface area contributed by atoms with Gasteiger partial charge in [-0.05, 0) is 102 Å². The van der Waals surface area contributed by atoms with Crippen LogP contribution in [0, 0.1) is 12.8 Å². The number of rotatable bonds is 15. The first kappa shape index (κ1) is 41.0. The minimum Gasteiger partial charge on any atom is -0.498 e. The molecule has 48 heavy (non-hydrogen) atoms. The Morgan fingerprint density at radius 3 is 1.69 bits per heavy atom. The van der Waals surface area contributed by atoms with E-state index in [4.69, 9.17) is 25.2 Å². The summed E-state index contributed by atoms with van der Waals surface area (Å²) in [4.78, 5) is 0. The monoisotopic (exact) mass is 644 g/mol. The lowest BCUT2D eigenvalue weighted by atomic mass is 9.50. The molecule has 4 radical (unpaired) electrons. The van der Waals surface area contributed by atoms with Crippen LogP contribution in [0.25, 0.3) is 16.7 Å². The number of allylic oxidation sites excluding steroid dienone is 4. The molecule has 1 aliphatic carbocycles. The fourth-order valence-electron chi connectivity index (χ4n) is 6.39. The van der Waals surface area contributed by atoms with E-state index in [1.165, 1.54) is 36.0 Å². The van der Waals surface area contributed by atoms with Gasteiger partial charge in [0.15, 0.2) is 0 Å². The molecule has 0 heterocycles. The quantitative estimate of drug-likeness (QED) is 0.121. The average Bonchev–Trinajstić information content (AvgIpc) is 3.14. The summed E-state index contributed by atoms with van der Waals surface area (Å²) in [5.74, 6) is 2.40. The minimum absolute atomic E-state index is 0.300. The molecule has 3 aromatic rings. The zero-order valence-corrected chi connectivity index (χ0v) is 31.9. The van der Waals surface area contributed by atoms with Crippen LogP contribution in [-0.4, -0.2) is 28.9 Å². The van der Waals surface area contributed by atoms with Crippen molar-refractivity contribution in [2.24, 2.45) is 5.92 Å². The van der Waals surface area contributed by atoms with Gasteiger partial charge in [0.1, 0.15) is 5.75 Å². The number of hydrogen-bond acceptors (Lipinski definition) is 2. The Balaban J connectivity index is 0.00000193. The Bertz CT molecular complexity index is 1400. The Morgan fingerprint density at radius 1 is 0.646 bits per heavy atom. The highest BCUT2D eigenvalue weighted by atomic mass is 16.5. The Kier molecular flexibility index (Phi) is 17.4.